The number of amides is 1. The molecule has 0 unspecified atom stereocenters. The fourth-order valence-corrected chi connectivity index (χ4v) is 2.68. The van der Waals surface area contributed by atoms with E-state index in [0.717, 1.165) is 31.9 Å². The summed E-state index contributed by atoms with van der Waals surface area (Å²) >= 11 is 0. The van der Waals surface area contributed by atoms with Gasteiger partial charge in [0.05, 0.1) is 6.54 Å². The van der Waals surface area contributed by atoms with Crippen LogP contribution in [0.4, 0.5) is 13.2 Å². The van der Waals surface area contributed by atoms with Crippen LogP contribution in [0.15, 0.2) is 11.8 Å². The molecule has 0 aromatic heterocycles. The highest BCUT2D eigenvalue weighted by Gasteiger charge is 2.39. The molecule has 1 saturated carbocycles. The lowest BCUT2D eigenvalue weighted by atomic mass is 10.2. The molecule has 1 fully saturated rings. The second kappa shape index (κ2) is 9.12. The van der Waals surface area contributed by atoms with Crippen LogP contribution in [0.1, 0.15) is 39.5 Å². The average molecular weight is 338 g/mol. The SMILES string of the molecule is CCOC(CN(/C=C(\C(N)=O)C(F)(F)F)C1CCCC1)OCC. The quantitative estimate of drug-likeness (QED) is 0.518. The van der Waals surface area contributed by atoms with Crippen molar-refractivity contribution in [1.82, 2.24) is 4.90 Å². The summed E-state index contributed by atoms with van der Waals surface area (Å²) in [5, 5.41) is 0. The van der Waals surface area contributed by atoms with E-state index in [1.807, 2.05) is 0 Å². The summed E-state index contributed by atoms with van der Waals surface area (Å²) in [5.41, 5.74) is 3.55. The van der Waals surface area contributed by atoms with Crippen LogP contribution in [-0.2, 0) is 14.3 Å². The molecule has 134 valence electrons. The number of carbonyl (C=O) groups excluding carboxylic acids is 1. The largest absolute Gasteiger partial charge is 0.423 e. The summed E-state index contributed by atoms with van der Waals surface area (Å²) in [6.07, 6.45) is -1.18. The van der Waals surface area contributed by atoms with Gasteiger partial charge < -0.3 is 20.1 Å². The van der Waals surface area contributed by atoms with Crippen LogP contribution in [0.2, 0.25) is 0 Å². The molecular weight excluding hydrogens is 313 g/mol. The molecule has 0 saturated heterocycles. The molecule has 0 heterocycles. The Hall–Kier alpha value is -1.28. The van der Waals surface area contributed by atoms with Gasteiger partial charge >= 0.3 is 6.18 Å². The number of hydrogen-bond acceptors (Lipinski definition) is 4. The average Bonchev–Trinajstić information content (AvgIpc) is 2.95. The van der Waals surface area contributed by atoms with Crippen molar-refractivity contribution in [3.05, 3.63) is 11.8 Å². The smallest absolute Gasteiger partial charge is 0.369 e. The molecule has 1 aliphatic carbocycles. The van der Waals surface area contributed by atoms with Crippen molar-refractivity contribution in [2.24, 2.45) is 5.73 Å². The molecule has 2 N–H and O–H groups in total. The van der Waals surface area contributed by atoms with Gasteiger partial charge in [0, 0.05) is 25.5 Å². The van der Waals surface area contributed by atoms with E-state index in [9.17, 15) is 18.0 Å². The van der Waals surface area contributed by atoms with Gasteiger partial charge in [0.1, 0.15) is 5.57 Å². The summed E-state index contributed by atoms with van der Waals surface area (Å²) in [5.74, 6) is -1.48. The summed E-state index contributed by atoms with van der Waals surface area (Å²) in [6.45, 7) is 4.46. The molecule has 0 radical (unpaired) electrons. The van der Waals surface area contributed by atoms with Crippen molar-refractivity contribution in [2.45, 2.75) is 58.0 Å². The van der Waals surface area contributed by atoms with E-state index in [2.05, 4.69) is 0 Å². The van der Waals surface area contributed by atoms with E-state index in [1.54, 1.807) is 13.8 Å². The Morgan fingerprint density at radius 3 is 2.17 bits per heavy atom. The monoisotopic (exact) mass is 338 g/mol. The van der Waals surface area contributed by atoms with E-state index in [0.29, 0.717) is 13.2 Å². The molecule has 0 atom stereocenters. The molecule has 23 heavy (non-hydrogen) atoms. The lowest BCUT2D eigenvalue weighted by Crippen LogP contribution is -2.40. The Labute approximate surface area is 134 Å². The maximum atomic E-state index is 13.0. The molecule has 5 nitrogen and oxygen atoms in total. The van der Waals surface area contributed by atoms with E-state index >= 15 is 0 Å². The number of rotatable bonds is 9. The zero-order chi connectivity index (χ0) is 17.5. The number of ether oxygens (including phenoxy) is 2. The molecule has 8 heteroatoms. The van der Waals surface area contributed by atoms with Crippen LogP contribution in [0.5, 0.6) is 0 Å². The highest BCUT2D eigenvalue weighted by molar-refractivity contribution is 5.93. The number of carbonyl (C=O) groups is 1. The van der Waals surface area contributed by atoms with Gasteiger partial charge in [-0.1, -0.05) is 12.8 Å². The first-order valence-corrected chi connectivity index (χ1v) is 7.87. The summed E-state index contributed by atoms with van der Waals surface area (Å²) in [7, 11) is 0. The highest BCUT2D eigenvalue weighted by atomic mass is 19.4. The van der Waals surface area contributed by atoms with Crippen LogP contribution in [-0.4, -0.2) is 49.1 Å². The molecule has 1 amide bonds. The fraction of sp³-hybridized carbons (Fsp3) is 0.800. The summed E-state index contributed by atoms with van der Waals surface area (Å²) < 4.78 is 49.8. The van der Waals surface area contributed by atoms with Crippen molar-refractivity contribution in [2.75, 3.05) is 19.8 Å². The maximum absolute atomic E-state index is 13.0. The second-order valence-electron chi connectivity index (χ2n) is 5.38. The standard InChI is InChI=1S/C15H25F3N2O3/c1-3-22-13(23-4-2)10-20(11-7-5-6-8-11)9-12(14(19)21)15(16,17)18/h9,11,13H,3-8,10H2,1-2H3,(H2,19,21)/b12-9+. The normalized spacial score (nSPS) is 17.0. The molecular formula is C15H25F3N2O3. The third-order valence-corrected chi connectivity index (χ3v) is 3.72. The van der Waals surface area contributed by atoms with Crippen molar-refractivity contribution < 1.29 is 27.4 Å². The molecule has 0 aromatic carbocycles. The Morgan fingerprint density at radius 2 is 1.78 bits per heavy atom. The zero-order valence-electron chi connectivity index (χ0n) is 13.6. The Morgan fingerprint density at radius 1 is 1.26 bits per heavy atom. The van der Waals surface area contributed by atoms with Crippen LogP contribution in [0.3, 0.4) is 0 Å². The lowest BCUT2D eigenvalue weighted by Gasteiger charge is -2.32. The minimum atomic E-state index is -4.78. The van der Waals surface area contributed by atoms with Gasteiger partial charge in [0.2, 0.25) is 0 Å². The number of hydrogen-bond donors (Lipinski definition) is 1. The summed E-state index contributed by atoms with van der Waals surface area (Å²) in [4.78, 5) is 12.7. The number of nitrogens with two attached hydrogens (primary N) is 1. The van der Waals surface area contributed by atoms with E-state index in [-0.39, 0.29) is 12.6 Å². The number of nitrogens with zero attached hydrogens (tertiary/aromatic N) is 1. The van der Waals surface area contributed by atoms with Gasteiger partial charge in [0.25, 0.3) is 5.91 Å². The predicted octanol–water partition coefficient (Wildman–Crippen LogP) is 2.56. The topological polar surface area (TPSA) is 64.8 Å². The molecule has 0 spiro atoms. The van der Waals surface area contributed by atoms with Gasteiger partial charge in [-0.05, 0) is 26.7 Å². The minimum Gasteiger partial charge on any atom is -0.369 e. The third kappa shape index (κ3) is 6.39. The first kappa shape index (κ1) is 19.8. The van der Waals surface area contributed by atoms with Gasteiger partial charge in [-0.2, -0.15) is 13.2 Å². The van der Waals surface area contributed by atoms with E-state index in [4.69, 9.17) is 15.2 Å². The second-order valence-corrected chi connectivity index (χ2v) is 5.38. The van der Waals surface area contributed by atoms with Crippen LogP contribution < -0.4 is 5.73 Å². The predicted molar refractivity (Wildman–Crippen MR) is 79.3 cm³/mol. The van der Waals surface area contributed by atoms with Crippen LogP contribution in [0.25, 0.3) is 0 Å². The first-order valence-electron chi connectivity index (χ1n) is 7.87. The number of halogens is 3. The van der Waals surface area contributed by atoms with Crippen LogP contribution >= 0.6 is 0 Å². The van der Waals surface area contributed by atoms with Crippen molar-refractivity contribution in [1.29, 1.82) is 0 Å². The number of alkyl halides is 3. The molecule has 1 aliphatic rings. The van der Waals surface area contributed by atoms with Crippen LogP contribution in [0, 0.1) is 0 Å². The highest BCUT2D eigenvalue weighted by Crippen LogP contribution is 2.29. The van der Waals surface area contributed by atoms with E-state index in [1.165, 1.54) is 4.90 Å². The Kier molecular flexibility index (Phi) is 7.84. The Bertz CT molecular complexity index is 401. The van der Waals surface area contributed by atoms with Gasteiger partial charge in [-0.15, -0.1) is 0 Å². The zero-order valence-corrected chi connectivity index (χ0v) is 13.6. The van der Waals surface area contributed by atoms with Crippen molar-refractivity contribution in [3.63, 3.8) is 0 Å². The molecule has 0 aromatic rings. The third-order valence-electron chi connectivity index (χ3n) is 3.72. The van der Waals surface area contributed by atoms with Crippen molar-refractivity contribution in [3.8, 4) is 0 Å². The van der Waals surface area contributed by atoms with Gasteiger partial charge in [-0.25, -0.2) is 0 Å². The lowest BCUT2D eigenvalue weighted by molar-refractivity contribution is -0.147. The number of primary amides is 1. The van der Waals surface area contributed by atoms with Gasteiger partial charge in [-0.3, -0.25) is 4.79 Å². The van der Waals surface area contributed by atoms with Crippen molar-refractivity contribution >= 4 is 5.91 Å². The molecule has 1 rings (SSSR count). The Balaban J connectivity index is 3.01. The maximum Gasteiger partial charge on any atom is 0.423 e. The molecule has 0 aliphatic heterocycles. The molecule has 0 bridgehead atoms. The summed E-state index contributed by atoms with van der Waals surface area (Å²) in [6, 6.07) is -0.0740. The fourth-order valence-electron chi connectivity index (χ4n) is 2.68. The van der Waals surface area contributed by atoms with Gasteiger partial charge in [0.15, 0.2) is 6.29 Å². The van der Waals surface area contributed by atoms with E-state index < -0.39 is 23.9 Å². The minimum absolute atomic E-state index is 0.0740. The first-order chi connectivity index (χ1) is 10.8.